The van der Waals surface area contributed by atoms with Gasteiger partial charge in [0.15, 0.2) is 0 Å². The van der Waals surface area contributed by atoms with E-state index in [0.29, 0.717) is 6.04 Å². The number of hydrogen-bond acceptors (Lipinski definition) is 2. The van der Waals surface area contributed by atoms with Crippen LogP contribution in [-0.4, -0.2) is 14.5 Å². The van der Waals surface area contributed by atoms with Gasteiger partial charge in [-0.15, -0.1) is 0 Å². The Bertz CT molecular complexity index is 481. The van der Waals surface area contributed by atoms with Gasteiger partial charge < -0.3 is 4.57 Å². The minimum Gasteiger partial charge on any atom is -0.329 e. The number of nitrogens with zero attached hydrogens (tertiary/aromatic N) is 3. The van der Waals surface area contributed by atoms with Crippen LogP contribution in [0.25, 0.3) is 11.0 Å². The summed E-state index contributed by atoms with van der Waals surface area (Å²) in [6.45, 7) is 1.95. The summed E-state index contributed by atoms with van der Waals surface area (Å²) in [7, 11) is 0. The van der Waals surface area contributed by atoms with Crippen molar-refractivity contribution in [1.29, 1.82) is 0 Å². The molecule has 1 aliphatic carbocycles. The summed E-state index contributed by atoms with van der Waals surface area (Å²) in [4.78, 5) is 8.75. The molecule has 0 spiro atoms. The van der Waals surface area contributed by atoms with E-state index in [1.165, 1.54) is 25.7 Å². The van der Waals surface area contributed by atoms with Gasteiger partial charge in [0.1, 0.15) is 11.5 Å². The van der Waals surface area contributed by atoms with Crippen LogP contribution in [0, 0.1) is 6.92 Å². The van der Waals surface area contributed by atoms with Crippen molar-refractivity contribution in [2.45, 2.75) is 38.6 Å². The second-order valence-electron chi connectivity index (χ2n) is 4.36. The van der Waals surface area contributed by atoms with E-state index in [2.05, 4.69) is 26.8 Å². The molecular weight excluding hydrogens is 186 g/mol. The maximum atomic E-state index is 4.53. The van der Waals surface area contributed by atoms with E-state index in [4.69, 9.17) is 0 Å². The quantitative estimate of drug-likeness (QED) is 0.710. The number of aryl methyl sites for hydroxylation is 1. The Kier molecular flexibility index (Phi) is 1.97. The molecule has 3 heteroatoms. The Hall–Kier alpha value is -1.38. The van der Waals surface area contributed by atoms with E-state index < -0.39 is 0 Å². The monoisotopic (exact) mass is 201 g/mol. The van der Waals surface area contributed by atoms with Crippen molar-refractivity contribution in [2.24, 2.45) is 0 Å². The van der Waals surface area contributed by atoms with Crippen LogP contribution < -0.4 is 0 Å². The van der Waals surface area contributed by atoms with Gasteiger partial charge in [-0.3, -0.25) is 0 Å². The lowest BCUT2D eigenvalue weighted by Gasteiger charge is -2.12. The van der Waals surface area contributed by atoms with Crippen molar-refractivity contribution >= 4 is 11.0 Å². The molecule has 3 rings (SSSR count). The number of hydrogen-bond donors (Lipinski definition) is 0. The zero-order chi connectivity index (χ0) is 10.3. The molecule has 0 aromatic carbocycles. The molecule has 0 saturated heterocycles. The van der Waals surface area contributed by atoms with Crippen molar-refractivity contribution in [2.75, 3.05) is 0 Å². The van der Waals surface area contributed by atoms with E-state index in [1.807, 2.05) is 13.1 Å². The maximum Gasteiger partial charge on any atom is 0.143 e. The first-order chi connectivity index (χ1) is 7.34. The van der Waals surface area contributed by atoms with Crippen LogP contribution in [0.4, 0.5) is 0 Å². The van der Waals surface area contributed by atoms with Crippen LogP contribution >= 0.6 is 0 Å². The molecule has 3 nitrogen and oxygen atoms in total. The highest BCUT2D eigenvalue weighted by atomic mass is 15.1. The minimum absolute atomic E-state index is 0.664. The van der Waals surface area contributed by atoms with Gasteiger partial charge in [0, 0.05) is 23.8 Å². The van der Waals surface area contributed by atoms with Gasteiger partial charge in [0.25, 0.3) is 0 Å². The molecule has 15 heavy (non-hydrogen) atoms. The summed E-state index contributed by atoms with van der Waals surface area (Å²) >= 11 is 0. The molecular formula is C12H15N3. The van der Waals surface area contributed by atoms with Gasteiger partial charge in [-0.05, 0) is 25.8 Å². The third kappa shape index (κ3) is 1.42. The lowest BCUT2D eigenvalue weighted by Crippen LogP contribution is -2.04. The molecule has 2 aromatic heterocycles. The molecule has 0 N–H and O–H groups in total. The molecule has 0 aliphatic heterocycles. The number of aromatic nitrogens is 3. The molecule has 1 fully saturated rings. The van der Waals surface area contributed by atoms with Gasteiger partial charge in [0.05, 0.1) is 0 Å². The lowest BCUT2D eigenvalue weighted by atomic mass is 10.2. The summed E-state index contributed by atoms with van der Waals surface area (Å²) in [5.41, 5.74) is 1.11. The molecule has 0 atom stereocenters. The summed E-state index contributed by atoms with van der Waals surface area (Å²) in [5.74, 6) is 0.862. The van der Waals surface area contributed by atoms with Crippen LogP contribution in [0.1, 0.15) is 37.5 Å². The second kappa shape index (κ2) is 3.33. The Labute approximate surface area is 89.2 Å². The normalized spacial score (nSPS) is 17.7. The SMILES string of the molecule is Cc1ncc2ccn(C3CCCC3)c2n1. The van der Waals surface area contributed by atoms with E-state index in [1.54, 1.807) is 0 Å². The largest absolute Gasteiger partial charge is 0.329 e. The maximum absolute atomic E-state index is 4.53. The van der Waals surface area contributed by atoms with Crippen molar-refractivity contribution in [3.63, 3.8) is 0 Å². The van der Waals surface area contributed by atoms with Gasteiger partial charge in [-0.1, -0.05) is 12.8 Å². The van der Waals surface area contributed by atoms with E-state index in [0.717, 1.165) is 16.9 Å². The summed E-state index contributed by atoms with van der Waals surface area (Å²) in [6, 6.07) is 2.78. The predicted molar refractivity (Wildman–Crippen MR) is 59.8 cm³/mol. The zero-order valence-electron chi connectivity index (χ0n) is 8.98. The average molecular weight is 201 g/mol. The molecule has 0 bridgehead atoms. The number of fused-ring (bicyclic) bond motifs is 1. The van der Waals surface area contributed by atoms with Gasteiger partial charge >= 0.3 is 0 Å². The highest BCUT2D eigenvalue weighted by molar-refractivity contribution is 5.75. The fourth-order valence-electron chi connectivity index (χ4n) is 2.50. The molecule has 2 aromatic rings. The third-order valence-electron chi connectivity index (χ3n) is 3.29. The first-order valence-electron chi connectivity index (χ1n) is 5.65. The minimum atomic E-state index is 0.664. The number of rotatable bonds is 1. The van der Waals surface area contributed by atoms with Crippen molar-refractivity contribution in [3.8, 4) is 0 Å². The van der Waals surface area contributed by atoms with Crippen LogP contribution in [-0.2, 0) is 0 Å². The Morgan fingerprint density at radius 1 is 1.33 bits per heavy atom. The Balaban J connectivity index is 2.13. The van der Waals surface area contributed by atoms with Crippen LogP contribution in [0.2, 0.25) is 0 Å². The van der Waals surface area contributed by atoms with E-state index in [9.17, 15) is 0 Å². The highest BCUT2D eigenvalue weighted by Gasteiger charge is 2.18. The van der Waals surface area contributed by atoms with Crippen molar-refractivity contribution < 1.29 is 0 Å². The molecule has 1 aliphatic rings. The van der Waals surface area contributed by atoms with Gasteiger partial charge in [-0.2, -0.15) is 0 Å². The summed E-state index contributed by atoms with van der Waals surface area (Å²) in [5, 5.41) is 1.16. The van der Waals surface area contributed by atoms with Crippen molar-refractivity contribution in [1.82, 2.24) is 14.5 Å². The second-order valence-corrected chi connectivity index (χ2v) is 4.36. The van der Waals surface area contributed by atoms with Gasteiger partial charge in [0.2, 0.25) is 0 Å². The first-order valence-corrected chi connectivity index (χ1v) is 5.65. The molecule has 0 unspecified atom stereocenters. The summed E-state index contributed by atoms with van der Waals surface area (Å²) < 4.78 is 2.33. The third-order valence-corrected chi connectivity index (χ3v) is 3.29. The fraction of sp³-hybridized carbons (Fsp3) is 0.500. The molecule has 2 heterocycles. The lowest BCUT2D eigenvalue weighted by molar-refractivity contribution is 0.532. The van der Waals surface area contributed by atoms with E-state index >= 15 is 0 Å². The fourth-order valence-corrected chi connectivity index (χ4v) is 2.50. The molecule has 1 saturated carbocycles. The van der Waals surface area contributed by atoms with Crippen LogP contribution in [0.3, 0.4) is 0 Å². The molecule has 78 valence electrons. The molecule has 0 amide bonds. The van der Waals surface area contributed by atoms with Gasteiger partial charge in [-0.25, -0.2) is 9.97 Å². The zero-order valence-corrected chi connectivity index (χ0v) is 8.98. The average Bonchev–Trinajstić information content (AvgIpc) is 2.83. The Morgan fingerprint density at radius 3 is 2.93 bits per heavy atom. The van der Waals surface area contributed by atoms with E-state index in [-0.39, 0.29) is 0 Å². The molecule has 0 radical (unpaired) electrons. The standard InChI is InChI=1S/C12H15N3/c1-9-13-8-10-6-7-15(12(10)14-9)11-4-2-3-5-11/h6-8,11H,2-5H2,1H3. The predicted octanol–water partition coefficient (Wildman–Crippen LogP) is 2.85. The van der Waals surface area contributed by atoms with Crippen LogP contribution in [0.5, 0.6) is 0 Å². The smallest absolute Gasteiger partial charge is 0.143 e. The van der Waals surface area contributed by atoms with Crippen LogP contribution in [0.15, 0.2) is 18.5 Å². The van der Waals surface area contributed by atoms with Crippen molar-refractivity contribution in [3.05, 3.63) is 24.3 Å². The first kappa shape index (κ1) is 8.89. The highest BCUT2D eigenvalue weighted by Crippen LogP contribution is 2.31. The summed E-state index contributed by atoms with van der Waals surface area (Å²) in [6.07, 6.45) is 9.39. The Morgan fingerprint density at radius 2 is 2.13 bits per heavy atom. The topological polar surface area (TPSA) is 30.7 Å².